The highest BCUT2D eigenvalue weighted by Crippen LogP contribution is 2.29. The Hall–Kier alpha value is -3.26. The summed E-state index contributed by atoms with van der Waals surface area (Å²) in [6.07, 6.45) is 1.99. The first-order chi connectivity index (χ1) is 18.2. The van der Waals surface area contributed by atoms with Crippen LogP contribution in [0.2, 0.25) is 0 Å². The fourth-order valence-corrected chi connectivity index (χ4v) is 4.00. The number of carbonyl (C=O) groups excluding carboxylic acids is 1. The first-order valence-electron chi connectivity index (χ1n) is 13.0. The van der Waals surface area contributed by atoms with Crippen molar-refractivity contribution >= 4 is 11.9 Å². The Morgan fingerprint density at radius 2 is 1.87 bits per heavy atom. The van der Waals surface area contributed by atoms with Gasteiger partial charge in [0.25, 0.3) is 5.91 Å². The van der Waals surface area contributed by atoms with E-state index in [0.29, 0.717) is 32.4 Å². The number of imidazole rings is 1. The van der Waals surface area contributed by atoms with Gasteiger partial charge in [0.1, 0.15) is 17.0 Å². The number of carbonyl (C=O) groups is 2. The summed E-state index contributed by atoms with van der Waals surface area (Å²) in [5, 5.41) is 12.0. The van der Waals surface area contributed by atoms with Crippen molar-refractivity contribution in [3.8, 4) is 11.8 Å². The number of ether oxygens (including phenoxy) is 1. The third kappa shape index (κ3) is 10.8. The molecule has 0 aromatic carbocycles. The van der Waals surface area contributed by atoms with Crippen molar-refractivity contribution in [3.63, 3.8) is 0 Å². The molecule has 1 heterocycles. The number of amides is 1. The molecule has 1 saturated carbocycles. The van der Waals surface area contributed by atoms with Gasteiger partial charge in [0.2, 0.25) is 0 Å². The summed E-state index contributed by atoms with van der Waals surface area (Å²) in [7, 11) is 1.54. The molecule has 3 N–H and O–H groups in total. The monoisotopic (exact) mass is 555 g/mol. The first kappa shape index (κ1) is 33.8. The Morgan fingerprint density at radius 3 is 2.31 bits per heavy atom. The molecule has 1 aromatic rings. The van der Waals surface area contributed by atoms with Gasteiger partial charge >= 0.3 is 17.8 Å². The SMILES string of the molecule is C/C=C(\CC)C(F)(F)F.C=CCCn1c(C(=O)NCC2CCC(C(=O)O)CC2)c(C#CC(C)(C)OC)[nH]c1=O. The van der Waals surface area contributed by atoms with Gasteiger partial charge in [-0.3, -0.25) is 19.1 Å². The van der Waals surface area contributed by atoms with E-state index in [1.54, 1.807) is 27.0 Å². The number of hydrogen-bond acceptors (Lipinski definition) is 4. The molecule has 1 amide bonds. The van der Waals surface area contributed by atoms with Crippen molar-refractivity contribution < 1.29 is 32.6 Å². The molecule has 11 heteroatoms. The average Bonchev–Trinajstić information content (AvgIpc) is 3.20. The number of aromatic amines is 1. The van der Waals surface area contributed by atoms with Crippen molar-refractivity contribution in [1.29, 1.82) is 0 Å². The molecule has 0 spiro atoms. The van der Waals surface area contributed by atoms with Gasteiger partial charge in [0.05, 0.1) is 5.92 Å². The van der Waals surface area contributed by atoms with E-state index < -0.39 is 29.0 Å². The lowest BCUT2D eigenvalue weighted by atomic mass is 9.82. The topological polar surface area (TPSA) is 113 Å². The smallest absolute Gasteiger partial charge is 0.412 e. The second-order valence-electron chi connectivity index (χ2n) is 9.78. The number of rotatable bonds is 9. The Balaban J connectivity index is 0.000000724. The molecule has 1 aliphatic rings. The van der Waals surface area contributed by atoms with Crippen LogP contribution in [0.1, 0.15) is 82.4 Å². The number of carboxylic acid groups (broad SMARTS) is 1. The average molecular weight is 556 g/mol. The summed E-state index contributed by atoms with van der Waals surface area (Å²) in [6.45, 7) is 10.9. The van der Waals surface area contributed by atoms with E-state index in [0.717, 1.165) is 18.9 Å². The predicted molar refractivity (Wildman–Crippen MR) is 143 cm³/mol. The number of alkyl halides is 3. The van der Waals surface area contributed by atoms with E-state index in [1.807, 2.05) is 0 Å². The summed E-state index contributed by atoms with van der Waals surface area (Å²) in [5.41, 5.74) is -1.14. The molecule has 8 nitrogen and oxygen atoms in total. The molecule has 0 unspecified atom stereocenters. The Bertz CT molecular complexity index is 1130. The van der Waals surface area contributed by atoms with Crippen LogP contribution in [0.4, 0.5) is 13.2 Å². The van der Waals surface area contributed by atoms with Crippen LogP contribution >= 0.6 is 0 Å². The zero-order chi connectivity index (χ0) is 29.8. The van der Waals surface area contributed by atoms with Crippen LogP contribution in [0.25, 0.3) is 0 Å². The van der Waals surface area contributed by atoms with Crippen LogP contribution in [-0.4, -0.2) is 52.0 Å². The molecule has 0 atom stereocenters. The third-order valence-corrected chi connectivity index (χ3v) is 6.60. The number of nitrogens with zero attached hydrogens (tertiary/aromatic N) is 1. The van der Waals surface area contributed by atoms with Gasteiger partial charge in [-0.2, -0.15) is 13.2 Å². The van der Waals surface area contributed by atoms with Gasteiger partial charge in [-0.15, -0.1) is 6.58 Å². The highest BCUT2D eigenvalue weighted by atomic mass is 19.4. The van der Waals surface area contributed by atoms with E-state index >= 15 is 0 Å². The summed E-state index contributed by atoms with van der Waals surface area (Å²) in [5.74, 6) is 4.60. The van der Waals surface area contributed by atoms with Crippen LogP contribution in [0.15, 0.2) is 29.1 Å². The van der Waals surface area contributed by atoms with Crippen LogP contribution in [-0.2, 0) is 16.1 Å². The zero-order valence-electron chi connectivity index (χ0n) is 23.3. The Labute approximate surface area is 227 Å². The highest BCUT2D eigenvalue weighted by molar-refractivity contribution is 5.94. The first-order valence-corrected chi connectivity index (χ1v) is 13.0. The molecule has 1 fully saturated rings. The highest BCUT2D eigenvalue weighted by Gasteiger charge is 2.31. The van der Waals surface area contributed by atoms with Crippen molar-refractivity contribution in [2.45, 2.75) is 84.5 Å². The van der Waals surface area contributed by atoms with E-state index in [9.17, 15) is 27.6 Å². The summed E-state index contributed by atoms with van der Waals surface area (Å²) >= 11 is 0. The molecular formula is C28H40F3N3O5. The van der Waals surface area contributed by atoms with Gasteiger partial charge in [0.15, 0.2) is 0 Å². The minimum Gasteiger partial charge on any atom is -0.481 e. The summed E-state index contributed by atoms with van der Waals surface area (Å²) in [4.78, 5) is 39.1. The lowest BCUT2D eigenvalue weighted by Crippen LogP contribution is -2.34. The van der Waals surface area contributed by atoms with E-state index in [2.05, 4.69) is 28.7 Å². The quantitative estimate of drug-likeness (QED) is 0.291. The minimum absolute atomic E-state index is 0.0556. The van der Waals surface area contributed by atoms with Gasteiger partial charge in [0, 0.05) is 25.8 Å². The number of nitrogens with one attached hydrogen (secondary N) is 2. The Kier molecular flexibility index (Phi) is 13.3. The van der Waals surface area contributed by atoms with E-state index in [4.69, 9.17) is 9.84 Å². The number of carboxylic acids is 1. The molecule has 218 valence electrons. The van der Waals surface area contributed by atoms with E-state index in [1.165, 1.54) is 18.4 Å². The second kappa shape index (κ2) is 15.4. The molecule has 0 saturated heterocycles. The summed E-state index contributed by atoms with van der Waals surface area (Å²) in [6, 6.07) is 0. The van der Waals surface area contributed by atoms with Crippen LogP contribution in [0.5, 0.6) is 0 Å². The molecule has 0 aliphatic heterocycles. The number of H-pyrrole nitrogens is 1. The van der Waals surface area contributed by atoms with Crippen molar-refractivity contribution in [2.24, 2.45) is 11.8 Å². The fraction of sp³-hybridized carbons (Fsp3) is 0.607. The number of halogens is 3. The lowest BCUT2D eigenvalue weighted by molar-refractivity contribution is -0.143. The summed E-state index contributed by atoms with van der Waals surface area (Å²) < 4.78 is 41.6. The van der Waals surface area contributed by atoms with E-state index in [-0.39, 0.29) is 35.6 Å². The van der Waals surface area contributed by atoms with Gasteiger partial charge in [-0.25, -0.2) is 4.79 Å². The van der Waals surface area contributed by atoms with Gasteiger partial charge in [-0.05, 0) is 71.1 Å². The number of methoxy groups -OCH3 is 1. The van der Waals surface area contributed by atoms with Crippen LogP contribution in [0, 0.1) is 23.7 Å². The molecule has 1 aromatic heterocycles. The molecule has 1 aliphatic carbocycles. The number of hydrogen-bond donors (Lipinski definition) is 3. The van der Waals surface area contributed by atoms with Crippen molar-refractivity contribution in [1.82, 2.24) is 14.9 Å². The zero-order valence-corrected chi connectivity index (χ0v) is 23.3. The molecule has 39 heavy (non-hydrogen) atoms. The second-order valence-corrected chi connectivity index (χ2v) is 9.78. The molecule has 0 bridgehead atoms. The number of allylic oxidation sites excluding steroid dienone is 3. The Morgan fingerprint density at radius 1 is 1.26 bits per heavy atom. The normalized spacial score (nSPS) is 17.8. The molecule has 0 radical (unpaired) electrons. The predicted octanol–water partition coefficient (Wildman–Crippen LogP) is 5.05. The standard InChI is InChI=1S/C22H31N3O5.C6H9F3/c1-5-6-13-25-18(17(24-21(25)29)11-12-22(2,3)30-4)19(26)23-14-15-7-9-16(10-8-15)20(27)28;1-3-5(4-2)6(7,8)9/h5,15-16H,1,6-10,13-14H2,2-4H3,(H,23,26)(H,24,29)(H,27,28);3H,4H2,1-2H3/b;5-3+. The van der Waals surface area contributed by atoms with Gasteiger partial charge in [-0.1, -0.05) is 25.0 Å². The lowest BCUT2D eigenvalue weighted by Gasteiger charge is -2.26. The number of aromatic nitrogens is 2. The maximum Gasteiger partial charge on any atom is 0.412 e. The third-order valence-electron chi connectivity index (χ3n) is 6.60. The van der Waals surface area contributed by atoms with Crippen molar-refractivity contribution in [2.75, 3.05) is 13.7 Å². The number of aliphatic carboxylic acids is 1. The van der Waals surface area contributed by atoms with Crippen LogP contribution < -0.4 is 11.0 Å². The van der Waals surface area contributed by atoms with Gasteiger partial charge < -0.3 is 15.2 Å². The fourth-order valence-electron chi connectivity index (χ4n) is 4.00. The maximum absolute atomic E-state index is 13.0. The van der Waals surface area contributed by atoms with Crippen molar-refractivity contribution in [3.05, 3.63) is 46.2 Å². The molecule has 2 rings (SSSR count). The largest absolute Gasteiger partial charge is 0.481 e. The molecular weight excluding hydrogens is 515 g/mol. The maximum atomic E-state index is 13.0. The minimum atomic E-state index is -4.12. The van der Waals surface area contributed by atoms with Crippen LogP contribution in [0.3, 0.4) is 0 Å².